The minimum atomic E-state index is -3.73. The Labute approximate surface area is 241 Å². The van der Waals surface area contributed by atoms with E-state index >= 15 is 0 Å². The molecule has 2 aromatic carbocycles. The van der Waals surface area contributed by atoms with Crippen LogP contribution in [0.4, 0.5) is 0 Å². The Morgan fingerprint density at radius 1 is 1.00 bits per heavy atom. The molecule has 1 aliphatic rings. The van der Waals surface area contributed by atoms with Crippen LogP contribution >= 0.6 is 0 Å². The summed E-state index contributed by atoms with van der Waals surface area (Å²) in [6.07, 6.45) is 4.78. The number of para-hydroxylation sites is 1. The second-order valence-corrected chi connectivity index (χ2v) is 11.6. The number of sulfonamides is 1. The lowest BCUT2D eigenvalue weighted by Gasteiger charge is -2.27. The molecule has 2 amide bonds. The molecule has 10 heteroatoms. The van der Waals surface area contributed by atoms with E-state index in [0.717, 1.165) is 17.0 Å². The molecule has 41 heavy (non-hydrogen) atoms. The quantitative estimate of drug-likeness (QED) is 0.251. The maximum absolute atomic E-state index is 13.6. The number of hydrogen-bond acceptors (Lipinski definition) is 6. The summed E-state index contributed by atoms with van der Waals surface area (Å²) in [5.41, 5.74) is 2.75. The summed E-state index contributed by atoms with van der Waals surface area (Å²) < 4.78 is 29.6. The molecule has 1 aromatic heterocycles. The minimum Gasteiger partial charge on any atom is -0.274 e. The van der Waals surface area contributed by atoms with Crippen LogP contribution in [0, 0.1) is 11.3 Å². The summed E-state index contributed by atoms with van der Waals surface area (Å²) in [4.78, 5) is 27.7. The van der Waals surface area contributed by atoms with Crippen molar-refractivity contribution in [3.05, 3.63) is 83.1 Å². The lowest BCUT2D eigenvalue weighted by atomic mass is 9.93. The SMILES string of the molecule is CCCCN1C(=O)C(C#N)=C(C)/C(=C\c2cn(-c3ccccc3)nc2-c2cccc(S(=O)(=O)N(CC)CC)c2)C1=O. The van der Waals surface area contributed by atoms with E-state index in [-0.39, 0.29) is 22.6 Å². The van der Waals surface area contributed by atoms with Gasteiger partial charge >= 0.3 is 0 Å². The number of benzene rings is 2. The first-order valence-corrected chi connectivity index (χ1v) is 15.1. The van der Waals surface area contributed by atoms with E-state index < -0.39 is 21.8 Å². The van der Waals surface area contributed by atoms with E-state index in [0.29, 0.717) is 41.9 Å². The van der Waals surface area contributed by atoms with Gasteiger partial charge in [0.15, 0.2) is 0 Å². The first-order chi connectivity index (χ1) is 19.7. The number of nitriles is 1. The van der Waals surface area contributed by atoms with Crippen LogP contribution in [0.25, 0.3) is 23.0 Å². The topological polar surface area (TPSA) is 116 Å². The van der Waals surface area contributed by atoms with Crippen molar-refractivity contribution in [3.8, 4) is 23.0 Å². The largest absolute Gasteiger partial charge is 0.274 e. The van der Waals surface area contributed by atoms with E-state index in [1.165, 1.54) is 4.31 Å². The Bertz CT molecular complexity index is 1680. The first kappa shape index (κ1) is 29.6. The van der Waals surface area contributed by atoms with Crippen LogP contribution in [0.2, 0.25) is 0 Å². The molecule has 0 fully saturated rings. The standard InChI is InChI=1S/C31H33N5O4S/c1-5-8-17-35-30(37)27(22(4)28(20-32)31(35)38)19-24-21-36(25-14-10-9-11-15-25)33-29(24)23-13-12-16-26(18-23)41(39,40)34(6-2)7-3/h9-16,18-19,21H,5-8,17H2,1-4H3/b27-19+. The second kappa shape index (κ2) is 12.5. The van der Waals surface area contributed by atoms with Gasteiger partial charge < -0.3 is 0 Å². The van der Waals surface area contributed by atoms with Crippen molar-refractivity contribution in [1.82, 2.24) is 19.0 Å². The number of aromatic nitrogens is 2. The molecule has 0 N–H and O–H groups in total. The number of imide groups is 1. The molecule has 0 radical (unpaired) electrons. The molecular weight excluding hydrogens is 538 g/mol. The zero-order valence-corrected chi connectivity index (χ0v) is 24.5. The lowest BCUT2D eigenvalue weighted by molar-refractivity contribution is -0.140. The average molecular weight is 572 g/mol. The fraction of sp³-hybridized carbons (Fsp3) is 0.290. The van der Waals surface area contributed by atoms with Crippen LogP contribution in [0.1, 0.15) is 46.1 Å². The van der Waals surface area contributed by atoms with E-state index in [1.54, 1.807) is 62.0 Å². The third kappa shape index (κ3) is 5.78. The molecule has 0 bridgehead atoms. The number of carbonyl (C=O) groups excluding carboxylic acids is 2. The highest BCUT2D eigenvalue weighted by molar-refractivity contribution is 7.89. The number of unbranched alkanes of at least 4 members (excludes halogenated alkanes) is 1. The Hall–Kier alpha value is -4.33. The zero-order chi connectivity index (χ0) is 29.7. The molecular formula is C31H33N5O4S. The predicted octanol–water partition coefficient (Wildman–Crippen LogP) is 4.96. The highest BCUT2D eigenvalue weighted by atomic mass is 32.2. The van der Waals surface area contributed by atoms with Crippen molar-refractivity contribution in [3.63, 3.8) is 0 Å². The number of amides is 2. The molecule has 3 aromatic rings. The lowest BCUT2D eigenvalue weighted by Crippen LogP contribution is -2.43. The third-order valence-corrected chi connectivity index (χ3v) is 9.12. The molecule has 0 atom stereocenters. The predicted molar refractivity (Wildman–Crippen MR) is 157 cm³/mol. The highest BCUT2D eigenvalue weighted by Crippen LogP contribution is 2.32. The number of rotatable bonds is 10. The molecule has 1 aliphatic heterocycles. The number of nitrogens with zero attached hydrogens (tertiary/aromatic N) is 5. The average Bonchev–Trinajstić information content (AvgIpc) is 3.40. The van der Waals surface area contributed by atoms with Crippen molar-refractivity contribution in [2.45, 2.75) is 45.4 Å². The van der Waals surface area contributed by atoms with Gasteiger partial charge in [0.2, 0.25) is 10.0 Å². The Balaban J connectivity index is 1.93. The Kier molecular flexibility index (Phi) is 9.01. The van der Waals surface area contributed by atoms with Gasteiger partial charge in [-0.3, -0.25) is 14.5 Å². The van der Waals surface area contributed by atoms with Crippen molar-refractivity contribution in [2.75, 3.05) is 19.6 Å². The van der Waals surface area contributed by atoms with Crippen molar-refractivity contribution >= 4 is 27.9 Å². The van der Waals surface area contributed by atoms with Crippen molar-refractivity contribution < 1.29 is 18.0 Å². The van der Waals surface area contributed by atoms with Crippen molar-refractivity contribution in [1.29, 1.82) is 5.26 Å². The maximum atomic E-state index is 13.6. The van der Waals surface area contributed by atoms with Gasteiger partial charge in [-0.25, -0.2) is 13.1 Å². The van der Waals surface area contributed by atoms with Gasteiger partial charge in [0.1, 0.15) is 17.3 Å². The van der Waals surface area contributed by atoms with E-state index in [9.17, 15) is 23.3 Å². The van der Waals surface area contributed by atoms with Crippen molar-refractivity contribution in [2.24, 2.45) is 0 Å². The number of hydrogen-bond donors (Lipinski definition) is 0. The van der Waals surface area contributed by atoms with Gasteiger partial charge in [0.25, 0.3) is 11.8 Å². The molecule has 4 rings (SSSR count). The highest BCUT2D eigenvalue weighted by Gasteiger charge is 2.35. The van der Waals surface area contributed by atoms with Gasteiger partial charge in [0, 0.05) is 42.5 Å². The third-order valence-electron chi connectivity index (χ3n) is 7.07. The molecule has 2 heterocycles. The van der Waals surface area contributed by atoms with Crippen LogP contribution < -0.4 is 0 Å². The molecule has 0 saturated carbocycles. The van der Waals surface area contributed by atoms with Crippen LogP contribution in [0.5, 0.6) is 0 Å². The van der Waals surface area contributed by atoms with Crippen LogP contribution in [0.15, 0.2) is 82.4 Å². The second-order valence-electron chi connectivity index (χ2n) is 9.62. The van der Waals surface area contributed by atoms with Crippen LogP contribution in [0.3, 0.4) is 0 Å². The Morgan fingerprint density at radius 3 is 2.34 bits per heavy atom. The smallest absolute Gasteiger partial charge is 0.271 e. The fourth-order valence-corrected chi connectivity index (χ4v) is 6.26. The van der Waals surface area contributed by atoms with Gasteiger partial charge in [-0.15, -0.1) is 0 Å². The van der Waals surface area contributed by atoms with Gasteiger partial charge in [-0.05, 0) is 49.3 Å². The molecule has 0 saturated heterocycles. The van der Waals surface area contributed by atoms with Gasteiger partial charge in [0.05, 0.1) is 10.6 Å². The van der Waals surface area contributed by atoms with Gasteiger partial charge in [-0.2, -0.15) is 14.7 Å². The normalized spacial score (nSPS) is 15.2. The molecule has 9 nitrogen and oxygen atoms in total. The maximum Gasteiger partial charge on any atom is 0.271 e. The monoisotopic (exact) mass is 571 g/mol. The summed E-state index contributed by atoms with van der Waals surface area (Å²) in [5, 5.41) is 14.5. The van der Waals surface area contributed by atoms with E-state index in [1.807, 2.05) is 43.3 Å². The van der Waals surface area contributed by atoms with Gasteiger partial charge in [-0.1, -0.05) is 57.5 Å². The summed E-state index contributed by atoms with van der Waals surface area (Å²) in [6.45, 7) is 8.02. The molecule has 0 aliphatic carbocycles. The van der Waals surface area contributed by atoms with Crippen LogP contribution in [-0.4, -0.2) is 58.9 Å². The van der Waals surface area contributed by atoms with Crippen LogP contribution in [-0.2, 0) is 19.6 Å². The number of carbonyl (C=O) groups is 2. The van der Waals surface area contributed by atoms with E-state index in [2.05, 4.69) is 0 Å². The first-order valence-electron chi connectivity index (χ1n) is 13.6. The summed E-state index contributed by atoms with van der Waals surface area (Å²) in [6, 6.07) is 17.9. The van der Waals surface area contributed by atoms with E-state index in [4.69, 9.17) is 5.10 Å². The fourth-order valence-electron chi connectivity index (χ4n) is 4.75. The zero-order valence-electron chi connectivity index (χ0n) is 23.7. The summed E-state index contributed by atoms with van der Waals surface area (Å²) in [7, 11) is -3.73. The summed E-state index contributed by atoms with van der Waals surface area (Å²) in [5.74, 6) is -1.06. The summed E-state index contributed by atoms with van der Waals surface area (Å²) >= 11 is 0. The molecule has 212 valence electrons. The molecule has 0 unspecified atom stereocenters. The minimum absolute atomic E-state index is 0.0729. The molecule has 0 spiro atoms. The Morgan fingerprint density at radius 2 is 1.71 bits per heavy atom.